The molecule has 0 unspecified atom stereocenters. The fraction of sp³-hybridized carbons (Fsp3) is 0.375. The van der Waals surface area contributed by atoms with Crippen LogP contribution in [0.3, 0.4) is 0 Å². The average molecular weight is 264 g/mol. The van der Waals surface area contributed by atoms with Gasteiger partial charge in [0, 0.05) is 21.3 Å². The van der Waals surface area contributed by atoms with Gasteiger partial charge in [0.05, 0.1) is 0 Å². The van der Waals surface area contributed by atoms with Gasteiger partial charge in [0.25, 0.3) is 0 Å². The maximum atomic E-state index is 10.5. The Balaban J connectivity index is 2.39. The molecule has 2 N–H and O–H groups in total. The summed E-state index contributed by atoms with van der Waals surface area (Å²) in [6.45, 7) is 2.23. The monoisotopic (exact) mass is 263 g/mol. The van der Waals surface area contributed by atoms with Gasteiger partial charge in [-0.3, -0.25) is 10.1 Å². The first kappa shape index (κ1) is 10.7. The number of hydrogen-bond donors (Lipinski definition) is 2. The Morgan fingerprint density at radius 1 is 1.85 bits per heavy atom. The second kappa shape index (κ2) is 4.74. The second-order valence-electron chi connectivity index (χ2n) is 2.67. The minimum Gasteiger partial charge on any atom is -0.480 e. The molecule has 1 rings (SSSR count). The van der Waals surface area contributed by atoms with E-state index in [4.69, 9.17) is 5.11 Å². The first-order valence-corrected chi connectivity index (χ1v) is 5.46. The molecule has 1 heterocycles. The molecule has 0 saturated heterocycles. The first-order valence-electron chi connectivity index (χ1n) is 3.78. The molecule has 72 valence electrons. The molecule has 0 aliphatic carbocycles. The number of carboxylic acids is 1. The van der Waals surface area contributed by atoms with Crippen molar-refractivity contribution in [2.45, 2.75) is 19.5 Å². The van der Waals surface area contributed by atoms with Gasteiger partial charge in [-0.2, -0.15) is 0 Å². The normalized spacial score (nSPS) is 12.8. The molecule has 0 saturated carbocycles. The summed E-state index contributed by atoms with van der Waals surface area (Å²) in [5, 5.41) is 13.5. The molecule has 1 aromatic heterocycles. The summed E-state index contributed by atoms with van der Waals surface area (Å²) >= 11 is 4.94. The predicted octanol–water partition coefficient (Wildman–Crippen LogP) is 2.07. The highest BCUT2D eigenvalue weighted by atomic mass is 79.9. The van der Waals surface area contributed by atoms with E-state index in [0.717, 1.165) is 9.35 Å². The molecule has 13 heavy (non-hydrogen) atoms. The zero-order valence-electron chi connectivity index (χ0n) is 7.08. The van der Waals surface area contributed by atoms with Gasteiger partial charge in [-0.1, -0.05) is 0 Å². The van der Waals surface area contributed by atoms with E-state index in [2.05, 4.69) is 21.2 Å². The smallest absolute Gasteiger partial charge is 0.320 e. The van der Waals surface area contributed by atoms with E-state index in [1.165, 1.54) is 0 Å². The number of rotatable bonds is 4. The Kier molecular flexibility index (Phi) is 3.90. The number of carbonyl (C=O) groups is 1. The molecule has 0 spiro atoms. The summed E-state index contributed by atoms with van der Waals surface area (Å²) in [5.74, 6) is -0.823. The molecule has 0 radical (unpaired) electrons. The van der Waals surface area contributed by atoms with Crippen LogP contribution >= 0.6 is 27.3 Å². The minimum absolute atomic E-state index is 0.499. The number of carboxylic acid groups (broad SMARTS) is 1. The molecule has 3 nitrogen and oxygen atoms in total. The maximum Gasteiger partial charge on any atom is 0.320 e. The van der Waals surface area contributed by atoms with Gasteiger partial charge in [0.15, 0.2) is 0 Å². The van der Waals surface area contributed by atoms with Crippen molar-refractivity contribution < 1.29 is 9.90 Å². The first-order chi connectivity index (χ1) is 6.09. The second-order valence-corrected chi connectivity index (χ2v) is 4.58. The van der Waals surface area contributed by atoms with Crippen LogP contribution in [-0.2, 0) is 11.3 Å². The van der Waals surface area contributed by atoms with Crippen molar-refractivity contribution in [2.24, 2.45) is 0 Å². The Bertz CT molecular complexity index is 300. The molecule has 0 amide bonds. The highest BCUT2D eigenvalue weighted by Crippen LogP contribution is 2.19. The van der Waals surface area contributed by atoms with E-state index in [9.17, 15) is 4.79 Å². The van der Waals surface area contributed by atoms with Crippen LogP contribution in [-0.4, -0.2) is 17.1 Å². The zero-order valence-corrected chi connectivity index (χ0v) is 9.48. The van der Waals surface area contributed by atoms with Crippen molar-refractivity contribution in [3.63, 3.8) is 0 Å². The number of halogens is 1. The summed E-state index contributed by atoms with van der Waals surface area (Å²) in [4.78, 5) is 11.6. The molecular formula is C8H10BrNO2S. The summed E-state index contributed by atoms with van der Waals surface area (Å²) < 4.78 is 1.04. The van der Waals surface area contributed by atoms with Crippen molar-refractivity contribution in [3.05, 3.63) is 20.8 Å². The summed E-state index contributed by atoms with van der Waals surface area (Å²) in [6, 6.07) is 1.48. The van der Waals surface area contributed by atoms with Gasteiger partial charge >= 0.3 is 5.97 Å². The quantitative estimate of drug-likeness (QED) is 0.875. The van der Waals surface area contributed by atoms with Crippen molar-refractivity contribution >= 4 is 33.2 Å². The van der Waals surface area contributed by atoms with Crippen LogP contribution < -0.4 is 5.32 Å². The fourth-order valence-electron chi connectivity index (χ4n) is 0.788. The van der Waals surface area contributed by atoms with Crippen molar-refractivity contribution in [1.82, 2.24) is 5.32 Å². The molecule has 0 aliphatic heterocycles. The van der Waals surface area contributed by atoms with Gasteiger partial charge < -0.3 is 5.11 Å². The van der Waals surface area contributed by atoms with Crippen LogP contribution in [0.2, 0.25) is 0 Å². The Morgan fingerprint density at radius 3 is 3.00 bits per heavy atom. The lowest BCUT2D eigenvalue weighted by Crippen LogP contribution is -2.32. The molecule has 0 aromatic carbocycles. The molecular weight excluding hydrogens is 254 g/mol. The lowest BCUT2D eigenvalue weighted by Gasteiger charge is -2.06. The molecule has 1 atom stereocenters. The summed E-state index contributed by atoms with van der Waals surface area (Å²) in [5.41, 5.74) is 0. The summed E-state index contributed by atoms with van der Waals surface area (Å²) in [7, 11) is 0. The van der Waals surface area contributed by atoms with Gasteiger partial charge in [-0.05, 0) is 28.9 Å². The molecule has 1 aromatic rings. The SMILES string of the molecule is C[C@H](NCc1cc(Br)cs1)C(=O)O. The van der Waals surface area contributed by atoms with Crippen LogP contribution in [0.5, 0.6) is 0 Å². The lowest BCUT2D eigenvalue weighted by atomic mass is 10.3. The average Bonchev–Trinajstić information content (AvgIpc) is 2.47. The van der Waals surface area contributed by atoms with E-state index in [1.807, 2.05) is 11.4 Å². The van der Waals surface area contributed by atoms with Gasteiger partial charge in [-0.15, -0.1) is 11.3 Å². The highest BCUT2D eigenvalue weighted by molar-refractivity contribution is 9.10. The van der Waals surface area contributed by atoms with Gasteiger partial charge in [0.2, 0.25) is 0 Å². The van der Waals surface area contributed by atoms with Crippen molar-refractivity contribution in [1.29, 1.82) is 0 Å². The van der Waals surface area contributed by atoms with Gasteiger partial charge in [0.1, 0.15) is 6.04 Å². The molecule has 0 bridgehead atoms. The Labute approximate surface area is 88.9 Å². The van der Waals surface area contributed by atoms with Crippen LogP contribution in [0.1, 0.15) is 11.8 Å². The molecule has 5 heteroatoms. The van der Waals surface area contributed by atoms with Crippen molar-refractivity contribution in [3.8, 4) is 0 Å². The van der Waals surface area contributed by atoms with Crippen LogP contribution in [0.4, 0.5) is 0 Å². The topological polar surface area (TPSA) is 49.3 Å². The maximum absolute atomic E-state index is 10.5. The predicted molar refractivity (Wildman–Crippen MR) is 56.0 cm³/mol. The molecule has 0 fully saturated rings. The van der Waals surface area contributed by atoms with Crippen LogP contribution in [0, 0.1) is 0 Å². The third kappa shape index (κ3) is 3.46. The Hall–Kier alpha value is -0.390. The minimum atomic E-state index is -0.823. The van der Waals surface area contributed by atoms with E-state index in [1.54, 1.807) is 18.3 Å². The van der Waals surface area contributed by atoms with Crippen LogP contribution in [0.15, 0.2) is 15.9 Å². The third-order valence-corrected chi connectivity index (χ3v) is 3.27. The number of hydrogen-bond acceptors (Lipinski definition) is 3. The van der Waals surface area contributed by atoms with Crippen molar-refractivity contribution in [2.75, 3.05) is 0 Å². The molecule has 0 aliphatic rings. The summed E-state index contributed by atoms with van der Waals surface area (Å²) in [6.07, 6.45) is 0. The third-order valence-electron chi connectivity index (χ3n) is 1.57. The van der Waals surface area contributed by atoms with E-state index >= 15 is 0 Å². The number of nitrogens with one attached hydrogen (secondary N) is 1. The van der Waals surface area contributed by atoms with Crippen LogP contribution in [0.25, 0.3) is 0 Å². The zero-order chi connectivity index (χ0) is 9.84. The highest BCUT2D eigenvalue weighted by Gasteiger charge is 2.09. The van der Waals surface area contributed by atoms with Gasteiger partial charge in [-0.25, -0.2) is 0 Å². The number of thiophene rings is 1. The van der Waals surface area contributed by atoms with E-state index in [-0.39, 0.29) is 0 Å². The Morgan fingerprint density at radius 2 is 2.54 bits per heavy atom. The standard InChI is InChI=1S/C8H10BrNO2S/c1-5(8(11)12)10-3-7-2-6(9)4-13-7/h2,4-5,10H,3H2,1H3,(H,11,12)/t5-/m0/s1. The lowest BCUT2D eigenvalue weighted by molar-refractivity contribution is -0.139. The number of aliphatic carboxylic acids is 1. The van der Waals surface area contributed by atoms with E-state index < -0.39 is 12.0 Å². The fourth-order valence-corrected chi connectivity index (χ4v) is 2.19. The van der Waals surface area contributed by atoms with E-state index in [0.29, 0.717) is 6.54 Å². The largest absolute Gasteiger partial charge is 0.480 e.